The first-order chi connectivity index (χ1) is 4.33. The predicted molar refractivity (Wildman–Crippen MR) is 47.5 cm³/mol. The van der Waals surface area contributed by atoms with Gasteiger partial charge in [-0.2, -0.15) is 0 Å². The SMILES string of the molecule is CCCCC1(CN)CC1.Cl. The van der Waals surface area contributed by atoms with Gasteiger partial charge in [0.2, 0.25) is 0 Å². The van der Waals surface area contributed by atoms with E-state index in [1.165, 1.54) is 32.1 Å². The molecule has 0 unspecified atom stereocenters. The number of nitrogens with two attached hydrogens (primary N) is 1. The van der Waals surface area contributed by atoms with Crippen LogP contribution in [0.4, 0.5) is 0 Å². The summed E-state index contributed by atoms with van der Waals surface area (Å²) in [6.07, 6.45) is 6.85. The Hall–Kier alpha value is 0.250. The number of halogens is 1. The Morgan fingerprint density at radius 2 is 2.00 bits per heavy atom. The molecule has 1 saturated carbocycles. The molecule has 2 N–H and O–H groups in total. The zero-order valence-corrected chi connectivity index (χ0v) is 7.54. The van der Waals surface area contributed by atoms with E-state index >= 15 is 0 Å². The predicted octanol–water partition coefficient (Wildman–Crippen LogP) is 2.34. The topological polar surface area (TPSA) is 26.0 Å². The monoisotopic (exact) mass is 163 g/mol. The minimum absolute atomic E-state index is 0. The lowest BCUT2D eigenvalue weighted by atomic mass is 10.00. The molecule has 0 saturated heterocycles. The van der Waals surface area contributed by atoms with Crippen molar-refractivity contribution in [2.24, 2.45) is 11.1 Å². The maximum Gasteiger partial charge on any atom is -0.00205 e. The highest BCUT2D eigenvalue weighted by molar-refractivity contribution is 5.85. The van der Waals surface area contributed by atoms with Crippen molar-refractivity contribution < 1.29 is 0 Å². The fourth-order valence-corrected chi connectivity index (χ4v) is 1.28. The van der Waals surface area contributed by atoms with Gasteiger partial charge in [0.15, 0.2) is 0 Å². The first kappa shape index (κ1) is 10.2. The van der Waals surface area contributed by atoms with Gasteiger partial charge in [-0.25, -0.2) is 0 Å². The van der Waals surface area contributed by atoms with E-state index in [0.29, 0.717) is 5.41 Å². The minimum atomic E-state index is 0. The van der Waals surface area contributed by atoms with Crippen molar-refractivity contribution in [3.05, 3.63) is 0 Å². The molecule has 2 heteroatoms. The molecule has 1 fully saturated rings. The largest absolute Gasteiger partial charge is 0.330 e. The van der Waals surface area contributed by atoms with Crippen molar-refractivity contribution in [2.45, 2.75) is 39.0 Å². The van der Waals surface area contributed by atoms with Gasteiger partial charge >= 0.3 is 0 Å². The molecule has 0 aromatic rings. The smallest absolute Gasteiger partial charge is 0.00205 e. The van der Waals surface area contributed by atoms with Gasteiger partial charge in [-0.15, -0.1) is 12.4 Å². The van der Waals surface area contributed by atoms with Gasteiger partial charge in [0.05, 0.1) is 0 Å². The Bertz CT molecular complexity index is 89.3. The summed E-state index contributed by atoms with van der Waals surface area (Å²) >= 11 is 0. The van der Waals surface area contributed by atoms with Gasteiger partial charge in [0.1, 0.15) is 0 Å². The van der Waals surface area contributed by atoms with Crippen molar-refractivity contribution in [3.63, 3.8) is 0 Å². The third-order valence-corrected chi connectivity index (χ3v) is 2.45. The lowest BCUT2D eigenvalue weighted by Gasteiger charge is -2.09. The molecule has 0 atom stereocenters. The Morgan fingerprint density at radius 1 is 1.40 bits per heavy atom. The first-order valence-corrected chi connectivity index (χ1v) is 4.03. The summed E-state index contributed by atoms with van der Waals surface area (Å²) in [5.74, 6) is 0. The second kappa shape index (κ2) is 4.20. The zero-order chi connectivity index (χ0) is 6.74. The van der Waals surface area contributed by atoms with Crippen LogP contribution in [0.25, 0.3) is 0 Å². The van der Waals surface area contributed by atoms with E-state index in [-0.39, 0.29) is 12.4 Å². The molecule has 1 nitrogen and oxygen atoms in total. The second-order valence-electron chi connectivity index (χ2n) is 3.31. The fourth-order valence-electron chi connectivity index (χ4n) is 1.28. The lowest BCUT2D eigenvalue weighted by Crippen LogP contribution is -2.14. The van der Waals surface area contributed by atoms with Crippen molar-refractivity contribution in [1.29, 1.82) is 0 Å². The van der Waals surface area contributed by atoms with E-state index in [0.717, 1.165) is 6.54 Å². The van der Waals surface area contributed by atoms with Crippen LogP contribution in [0.5, 0.6) is 0 Å². The molecule has 1 aliphatic rings. The van der Waals surface area contributed by atoms with E-state index in [1.807, 2.05) is 0 Å². The van der Waals surface area contributed by atoms with Gasteiger partial charge in [-0.3, -0.25) is 0 Å². The standard InChI is InChI=1S/C8H17N.ClH/c1-2-3-4-8(7-9)5-6-8;/h2-7,9H2,1H3;1H. The molecule has 10 heavy (non-hydrogen) atoms. The van der Waals surface area contributed by atoms with Gasteiger partial charge < -0.3 is 5.73 Å². The van der Waals surface area contributed by atoms with Gasteiger partial charge in [0, 0.05) is 0 Å². The quantitative estimate of drug-likeness (QED) is 0.677. The summed E-state index contributed by atoms with van der Waals surface area (Å²) in [6, 6.07) is 0. The minimum Gasteiger partial charge on any atom is -0.330 e. The maximum atomic E-state index is 5.61. The summed E-state index contributed by atoms with van der Waals surface area (Å²) in [5, 5.41) is 0. The highest BCUT2D eigenvalue weighted by atomic mass is 35.5. The summed E-state index contributed by atoms with van der Waals surface area (Å²) in [6.45, 7) is 3.17. The van der Waals surface area contributed by atoms with Crippen LogP contribution in [0, 0.1) is 5.41 Å². The van der Waals surface area contributed by atoms with Crippen LogP contribution in [0.3, 0.4) is 0 Å². The van der Waals surface area contributed by atoms with Crippen molar-refractivity contribution in [1.82, 2.24) is 0 Å². The maximum absolute atomic E-state index is 5.61. The van der Waals surface area contributed by atoms with Gasteiger partial charge in [-0.05, 0) is 31.2 Å². The highest BCUT2D eigenvalue weighted by Gasteiger charge is 2.39. The highest BCUT2D eigenvalue weighted by Crippen LogP contribution is 2.48. The Labute approximate surface area is 69.8 Å². The molecule has 1 rings (SSSR count). The molecular weight excluding hydrogens is 146 g/mol. The van der Waals surface area contributed by atoms with Crippen LogP contribution in [0.15, 0.2) is 0 Å². The number of rotatable bonds is 4. The third-order valence-electron chi connectivity index (χ3n) is 2.45. The Morgan fingerprint density at radius 3 is 2.30 bits per heavy atom. The molecule has 0 bridgehead atoms. The van der Waals surface area contributed by atoms with Crippen LogP contribution in [0.1, 0.15) is 39.0 Å². The molecule has 0 radical (unpaired) electrons. The molecule has 1 aliphatic carbocycles. The number of unbranched alkanes of at least 4 members (excludes halogenated alkanes) is 1. The third kappa shape index (κ3) is 2.47. The van der Waals surface area contributed by atoms with E-state index in [1.54, 1.807) is 0 Å². The second-order valence-corrected chi connectivity index (χ2v) is 3.31. The van der Waals surface area contributed by atoms with E-state index in [2.05, 4.69) is 6.92 Å². The molecule has 0 heterocycles. The number of hydrogen-bond donors (Lipinski definition) is 1. The van der Waals surface area contributed by atoms with E-state index in [9.17, 15) is 0 Å². The summed E-state index contributed by atoms with van der Waals surface area (Å²) in [7, 11) is 0. The molecule has 0 aromatic heterocycles. The average Bonchev–Trinajstić information content (AvgIpc) is 2.65. The summed E-state index contributed by atoms with van der Waals surface area (Å²) in [5.41, 5.74) is 6.23. The van der Waals surface area contributed by atoms with E-state index in [4.69, 9.17) is 5.73 Å². The van der Waals surface area contributed by atoms with Crippen molar-refractivity contribution in [3.8, 4) is 0 Å². The molecule has 0 spiro atoms. The zero-order valence-electron chi connectivity index (χ0n) is 6.73. The van der Waals surface area contributed by atoms with Crippen LogP contribution < -0.4 is 5.73 Å². The number of hydrogen-bond acceptors (Lipinski definition) is 1. The first-order valence-electron chi connectivity index (χ1n) is 4.03. The molecule has 0 aliphatic heterocycles. The fraction of sp³-hybridized carbons (Fsp3) is 1.00. The normalized spacial score (nSPS) is 19.8. The Kier molecular flexibility index (Phi) is 4.30. The van der Waals surface area contributed by atoms with Crippen LogP contribution in [-0.2, 0) is 0 Å². The molecule has 0 amide bonds. The van der Waals surface area contributed by atoms with Gasteiger partial charge in [0.25, 0.3) is 0 Å². The molecular formula is C8H18ClN. The lowest BCUT2D eigenvalue weighted by molar-refractivity contribution is 0.456. The summed E-state index contributed by atoms with van der Waals surface area (Å²) < 4.78 is 0. The van der Waals surface area contributed by atoms with Crippen LogP contribution in [-0.4, -0.2) is 6.54 Å². The summed E-state index contributed by atoms with van der Waals surface area (Å²) in [4.78, 5) is 0. The van der Waals surface area contributed by atoms with Crippen molar-refractivity contribution >= 4 is 12.4 Å². The van der Waals surface area contributed by atoms with Gasteiger partial charge in [-0.1, -0.05) is 19.8 Å². The molecule has 0 aromatic carbocycles. The van der Waals surface area contributed by atoms with Crippen LogP contribution >= 0.6 is 12.4 Å². The van der Waals surface area contributed by atoms with Crippen LogP contribution in [0.2, 0.25) is 0 Å². The average molecular weight is 164 g/mol. The van der Waals surface area contributed by atoms with E-state index < -0.39 is 0 Å². The van der Waals surface area contributed by atoms with Crippen molar-refractivity contribution in [2.75, 3.05) is 6.54 Å². The Balaban J connectivity index is 0.000000810. The molecule has 62 valence electrons.